The van der Waals surface area contributed by atoms with Crippen LogP contribution < -0.4 is 4.74 Å². The number of halogens is 1. The molecule has 6 nitrogen and oxygen atoms in total. The van der Waals surface area contributed by atoms with Crippen molar-refractivity contribution in [2.24, 2.45) is 0 Å². The predicted octanol–water partition coefficient (Wildman–Crippen LogP) is 3.72. The summed E-state index contributed by atoms with van der Waals surface area (Å²) in [6.07, 6.45) is 4.60. The van der Waals surface area contributed by atoms with Gasteiger partial charge in [-0.1, -0.05) is 6.08 Å². The average molecular weight is 365 g/mol. The van der Waals surface area contributed by atoms with Crippen molar-refractivity contribution in [1.29, 1.82) is 0 Å². The third-order valence-electron chi connectivity index (χ3n) is 3.74. The minimum atomic E-state index is -0.769. The summed E-state index contributed by atoms with van der Waals surface area (Å²) >= 11 is 0. The van der Waals surface area contributed by atoms with E-state index < -0.39 is 11.8 Å². The molecule has 0 fully saturated rings. The lowest BCUT2D eigenvalue weighted by Gasteiger charge is -2.05. The molecule has 0 saturated carbocycles. The van der Waals surface area contributed by atoms with E-state index in [0.717, 1.165) is 16.7 Å². The fourth-order valence-corrected chi connectivity index (χ4v) is 2.40. The van der Waals surface area contributed by atoms with Gasteiger partial charge < -0.3 is 9.84 Å². The van der Waals surface area contributed by atoms with Gasteiger partial charge in [0, 0.05) is 0 Å². The van der Waals surface area contributed by atoms with Crippen LogP contribution in [0.15, 0.2) is 42.7 Å². The lowest BCUT2D eigenvalue weighted by molar-refractivity contribution is 0.0721. The first-order valence-electron chi connectivity index (χ1n) is 8.07. The van der Waals surface area contributed by atoms with E-state index in [-0.39, 0.29) is 23.1 Å². The first-order chi connectivity index (χ1) is 12.9. The number of phenolic OH excluding ortho intramolecular Hbond substituents is 1. The van der Waals surface area contributed by atoms with E-state index in [1.807, 2.05) is 26.0 Å². The Morgan fingerprint density at radius 3 is 2.41 bits per heavy atom. The number of benzene rings is 2. The van der Waals surface area contributed by atoms with E-state index in [9.17, 15) is 14.3 Å². The molecule has 0 aliphatic carbocycles. The monoisotopic (exact) mass is 365 g/mol. The van der Waals surface area contributed by atoms with Gasteiger partial charge >= 0.3 is 5.97 Å². The molecule has 136 valence electrons. The minimum Gasteiger partial charge on any atom is -0.507 e. The van der Waals surface area contributed by atoms with Gasteiger partial charge in [-0.2, -0.15) is 0 Å². The van der Waals surface area contributed by atoms with Crippen LogP contribution in [0, 0.1) is 19.7 Å². The molecule has 1 heterocycles. The second kappa shape index (κ2) is 7.74. The molecule has 0 amide bonds. The Labute approximate surface area is 155 Å². The third-order valence-corrected chi connectivity index (χ3v) is 3.74. The first-order valence-corrected chi connectivity index (χ1v) is 8.07. The highest BCUT2D eigenvalue weighted by atomic mass is 19.1. The molecule has 3 aromatic rings. The highest BCUT2D eigenvalue weighted by molar-refractivity contribution is 5.87. The van der Waals surface area contributed by atoms with Crippen LogP contribution >= 0.6 is 0 Å². The maximum absolute atomic E-state index is 12.9. The Morgan fingerprint density at radius 2 is 1.74 bits per heavy atom. The van der Waals surface area contributed by atoms with Gasteiger partial charge in [-0.3, -0.25) is 0 Å². The van der Waals surface area contributed by atoms with Gasteiger partial charge in [0.1, 0.15) is 23.6 Å². The van der Waals surface area contributed by atoms with E-state index >= 15 is 0 Å². The predicted molar refractivity (Wildman–Crippen MR) is 97.7 cm³/mol. The quantitative estimate of drug-likeness (QED) is 0.560. The van der Waals surface area contributed by atoms with Crippen LogP contribution in [0.2, 0.25) is 0 Å². The number of carbonyl (C=O) groups excluding carboxylic acids is 1. The Hall–Kier alpha value is -3.61. The molecule has 0 radical (unpaired) electrons. The van der Waals surface area contributed by atoms with E-state index in [1.54, 1.807) is 12.2 Å². The second-order valence-corrected chi connectivity index (χ2v) is 5.85. The zero-order valence-electron chi connectivity index (χ0n) is 14.7. The van der Waals surface area contributed by atoms with Gasteiger partial charge in [-0.05, 0) is 73.0 Å². The number of ether oxygens (including phenoxy) is 1. The maximum atomic E-state index is 12.9. The highest BCUT2D eigenvalue weighted by Gasteiger charge is 2.13. The topological polar surface area (TPSA) is 85.2 Å². The number of rotatable bonds is 4. The van der Waals surface area contributed by atoms with Crippen LogP contribution in [0.5, 0.6) is 11.5 Å². The molecule has 0 unspecified atom stereocenters. The van der Waals surface area contributed by atoms with Gasteiger partial charge in [-0.25, -0.2) is 24.1 Å². The molecular formula is C20H16FN3O3. The summed E-state index contributed by atoms with van der Waals surface area (Å²) in [5, 5.41) is 9.82. The van der Waals surface area contributed by atoms with Crippen molar-refractivity contribution in [3.63, 3.8) is 0 Å². The summed E-state index contributed by atoms with van der Waals surface area (Å²) in [5.41, 5.74) is 2.38. The van der Waals surface area contributed by atoms with Crippen molar-refractivity contribution < 1.29 is 19.0 Å². The highest BCUT2D eigenvalue weighted by Crippen LogP contribution is 2.23. The number of aryl methyl sites for hydroxylation is 2. The van der Waals surface area contributed by atoms with Gasteiger partial charge in [-0.15, -0.1) is 0 Å². The Balaban J connectivity index is 1.77. The minimum absolute atomic E-state index is 0.160. The Morgan fingerprint density at radius 1 is 1.07 bits per heavy atom. The van der Waals surface area contributed by atoms with Crippen LogP contribution in [0.25, 0.3) is 12.2 Å². The normalized spacial score (nSPS) is 10.9. The summed E-state index contributed by atoms with van der Waals surface area (Å²) in [5.74, 6) is -0.629. The van der Waals surface area contributed by atoms with Gasteiger partial charge in [0.05, 0.1) is 0 Å². The molecule has 0 aliphatic heterocycles. The zero-order valence-corrected chi connectivity index (χ0v) is 14.7. The van der Waals surface area contributed by atoms with Crippen LogP contribution in [0.3, 0.4) is 0 Å². The van der Waals surface area contributed by atoms with Crippen LogP contribution in [0.1, 0.15) is 33.1 Å². The Bertz CT molecular complexity index is 994. The van der Waals surface area contributed by atoms with Crippen LogP contribution in [0.4, 0.5) is 4.39 Å². The number of aromatic hydroxyl groups is 1. The molecule has 7 heteroatoms. The fourth-order valence-electron chi connectivity index (χ4n) is 2.40. The summed E-state index contributed by atoms with van der Waals surface area (Å²) in [4.78, 5) is 24.0. The van der Waals surface area contributed by atoms with Gasteiger partial charge in [0.25, 0.3) is 0 Å². The number of carbonyl (C=O) groups is 1. The number of hydrogen-bond donors (Lipinski definition) is 1. The Kier molecular flexibility index (Phi) is 5.21. The van der Waals surface area contributed by atoms with E-state index in [4.69, 9.17) is 4.74 Å². The van der Waals surface area contributed by atoms with Crippen molar-refractivity contribution in [2.75, 3.05) is 0 Å². The SMILES string of the molecule is Cc1cc(/C=C/c2ncnc(C(=O)Oc3ccc(F)cc3)n2)cc(C)c1O. The third kappa shape index (κ3) is 4.52. The summed E-state index contributed by atoms with van der Waals surface area (Å²) < 4.78 is 18.0. The molecule has 0 aliphatic rings. The van der Waals surface area contributed by atoms with Crippen LogP contribution in [-0.2, 0) is 0 Å². The molecule has 0 saturated heterocycles. The lowest BCUT2D eigenvalue weighted by Crippen LogP contribution is -2.14. The number of nitrogens with zero attached hydrogens (tertiary/aromatic N) is 3. The average Bonchev–Trinajstić information content (AvgIpc) is 2.66. The summed E-state index contributed by atoms with van der Waals surface area (Å²) in [6.45, 7) is 3.62. The largest absolute Gasteiger partial charge is 0.507 e. The van der Waals surface area contributed by atoms with Crippen LogP contribution in [-0.4, -0.2) is 26.0 Å². The number of esters is 1. The smallest absolute Gasteiger partial charge is 0.381 e. The van der Waals surface area contributed by atoms with Crippen molar-refractivity contribution in [3.8, 4) is 11.5 Å². The molecule has 1 N–H and O–H groups in total. The van der Waals surface area contributed by atoms with Crippen molar-refractivity contribution in [2.45, 2.75) is 13.8 Å². The van der Waals surface area contributed by atoms with Crippen molar-refractivity contribution >= 4 is 18.1 Å². The molecule has 27 heavy (non-hydrogen) atoms. The maximum Gasteiger partial charge on any atom is 0.381 e. The van der Waals surface area contributed by atoms with E-state index in [0.29, 0.717) is 0 Å². The summed E-state index contributed by atoms with van der Waals surface area (Å²) in [6, 6.07) is 8.69. The van der Waals surface area contributed by atoms with E-state index in [1.165, 1.54) is 30.6 Å². The van der Waals surface area contributed by atoms with Gasteiger partial charge in [0.15, 0.2) is 5.82 Å². The molecule has 2 aromatic carbocycles. The zero-order chi connectivity index (χ0) is 19.4. The molecule has 3 rings (SSSR count). The standard InChI is InChI=1S/C20H16FN3O3/c1-12-9-14(10-13(2)18(12)25)3-8-17-22-11-23-19(24-17)20(26)27-16-6-4-15(21)5-7-16/h3-11,25H,1-2H3/b8-3+. The molecule has 1 aromatic heterocycles. The van der Waals surface area contributed by atoms with Crippen molar-refractivity contribution in [3.05, 3.63) is 76.9 Å². The van der Waals surface area contributed by atoms with Gasteiger partial charge in [0.2, 0.25) is 5.82 Å². The van der Waals surface area contributed by atoms with E-state index in [2.05, 4.69) is 15.0 Å². The number of phenols is 1. The number of hydrogen-bond acceptors (Lipinski definition) is 6. The molecule has 0 bridgehead atoms. The van der Waals surface area contributed by atoms with Crippen molar-refractivity contribution in [1.82, 2.24) is 15.0 Å². The molecule has 0 atom stereocenters. The first kappa shape index (κ1) is 18.2. The lowest BCUT2D eigenvalue weighted by atomic mass is 10.1. The molecular weight excluding hydrogens is 349 g/mol. The molecule has 0 spiro atoms. The fraction of sp³-hybridized carbons (Fsp3) is 0.100. The second-order valence-electron chi connectivity index (χ2n) is 5.85. The summed E-state index contributed by atoms with van der Waals surface area (Å²) in [7, 11) is 0. The number of aromatic nitrogens is 3.